The molecule has 0 unspecified atom stereocenters. The molecule has 7 heteroatoms. The van der Waals surface area contributed by atoms with Gasteiger partial charge in [0.05, 0.1) is 19.3 Å². The summed E-state index contributed by atoms with van der Waals surface area (Å²) in [4.78, 5) is 28.8. The molecule has 1 aromatic carbocycles. The van der Waals surface area contributed by atoms with E-state index < -0.39 is 0 Å². The number of nitrogens with one attached hydrogen (secondary N) is 1. The number of amides is 2. The van der Waals surface area contributed by atoms with Crippen molar-refractivity contribution in [1.82, 2.24) is 20.0 Å². The van der Waals surface area contributed by atoms with Gasteiger partial charge in [0, 0.05) is 24.6 Å². The van der Waals surface area contributed by atoms with Crippen LogP contribution in [0.5, 0.6) is 0 Å². The Morgan fingerprint density at radius 3 is 2.64 bits per heavy atom. The highest BCUT2D eigenvalue weighted by atomic mass is 16.2. The molecule has 1 saturated heterocycles. The third-order valence-electron chi connectivity index (χ3n) is 5.50. The minimum atomic E-state index is -0.0416. The number of hydrogen-bond donors (Lipinski definition) is 1. The number of fused-ring (bicyclic) bond motifs is 1. The molecule has 0 saturated carbocycles. The second-order valence-corrected chi connectivity index (χ2v) is 7.50. The van der Waals surface area contributed by atoms with Crippen LogP contribution in [0.25, 0.3) is 0 Å². The molecule has 4 rings (SSSR count). The van der Waals surface area contributed by atoms with Crippen molar-refractivity contribution >= 4 is 17.6 Å². The van der Waals surface area contributed by atoms with Crippen LogP contribution in [0.3, 0.4) is 0 Å². The van der Waals surface area contributed by atoms with Gasteiger partial charge in [-0.05, 0) is 56.6 Å². The third-order valence-corrected chi connectivity index (χ3v) is 5.50. The van der Waals surface area contributed by atoms with E-state index in [9.17, 15) is 9.59 Å². The molecule has 148 valence electrons. The maximum Gasteiger partial charge on any atom is 0.251 e. The smallest absolute Gasteiger partial charge is 0.251 e. The summed E-state index contributed by atoms with van der Waals surface area (Å²) in [5, 5.41) is 7.25. The fraction of sp³-hybridized carbons (Fsp3) is 0.476. The lowest BCUT2D eigenvalue weighted by Gasteiger charge is -2.27. The first kappa shape index (κ1) is 18.7. The average Bonchev–Trinajstić information content (AvgIpc) is 3.39. The normalized spacial score (nSPS) is 17.0. The van der Waals surface area contributed by atoms with E-state index in [2.05, 4.69) is 15.3 Å². The Hall–Kier alpha value is -2.67. The van der Waals surface area contributed by atoms with Crippen LogP contribution in [0.2, 0.25) is 0 Å². The Labute approximate surface area is 165 Å². The van der Waals surface area contributed by atoms with E-state index in [4.69, 9.17) is 0 Å². The minimum Gasteiger partial charge on any atom is -0.352 e. The summed E-state index contributed by atoms with van der Waals surface area (Å²) in [6.45, 7) is 5.26. The highest BCUT2D eigenvalue weighted by Crippen LogP contribution is 2.23. The molecule has 2 aromatic rings. The summed E-state index contributed by atoms with van der Waals surface area (Å²) in [5.41, 5.74) is 1.65. The van der Waals surface area contributed by atoms with Crippen LogP contribution in [-0.2, 0) is 17.9 Å². The zero-order valence-electron chi connectivity index (χ0n) is 16.1. The number of carbonyl (C=O) groups is 2. The number of nitrogens with zero attached hydrogens (tertiary/aromatic N) is 4. The quantitative estimate of drug-likeness (QED) is 0.745. The summed E-state index contributed by atoms with van der Waals surface area (Å²) < 4.78 is 1.85. The van der Waals surface area contributed by atoms with Gasteiger partial charge in [0.25, 0.3) is 5.91 Å². The largest absolute Gasteiger partial charge is 0.352 e. The van der Waals surface area contributed by atoms with Crippen LogP contribution in [0.4, 0.5) is 5.82 Å². The zero-order valence-corrected chi connectivity index (χ0v) is 16.1. The molecular weight excluding hydrogens is 354 g/mol. The van der Waals surface area contributed by atoms with Gasteiger partial charge in [-0.2, -0.15) is 5.10 Å². The number of carbonyl (C=O) groups excluding carboxylic acids is 2. The van der Waals surface area contributed by atoms with Crippen LogP contribution in [0.15, 0.2) is 36.5 Å². The lowest BCUT2D eigenvalue weighted by atomic mass is 10.1. The van der Waals surface area contributed by atoms with Crippen molar-refractivity contribution in [1.29, 1.82) is 0 Å². The van der Waals surface area contributed by atoms with Crippen molar-refractivity contribution < 1.29 is 9.59 Å². The summed E-state index contributed by atoms with van der Waals surface area (Å²) in [6.07, 6.45) is 5.76. The Kier molecular flexibility index (Phi) is 5.71. The van der Waals surface area contributed by atoms with Crippen molar-refractivity contribution in [3.05, 3.63) is 47.7 Å². The third kappa shape index (κ3) is 4.25. The van der Waals surface area contributed by atoms with Crippen molar-refractivity contribution in [2.24, 2.45) is 0 Å². The SMILES string of the molecule is O=C(NCCCN1CCCC1)c1ccc(CN2C(=O)CCn3nccc32)cc1. The zero-order chi connectivity index (χ0) is 19.3. The number of rotatable bonds is 7. The van der Waals surface area contributed by atoms with Gasteiger partial charge in [0.2, 0.25) is 5.91 Å². The summed E-state index contributed by atoms with van der Waals surface area (Å²) in [6, 6.07) is 9.36. The molecule has 0 spiro atoms. The Morgan fingerprint density at radius 2 is 1.86 bits per heavy atom. The molecular formula is C21H27N5O2. The van der Waals surface area contributed by atoms with Crippen LogP contribution in [-0.4, -0.2) is 52.7 Å². The lowest BCUT2D eigenvalue weighted by molar-refractivity contribution is -0.119. The predicted molar refractivity (Wildman–Crippen MR) is 107 cm³/mol. The van der Waals surface area contributed by atoms with Gasteiger partial charge in [0.15, 0.2) is 0 Å². The molecule has 28 heavy (non-hydrogen) atoms. The Balaban J connectivity index is 1.29. The van der Waals surface area contributed by atoms with E-state index in [-0.39, 0.29) is 11.8 Å². The first-order valence-corrected chi connectivity index (χ1v) is 10.1. The van der Waals surface area contributed by atoms with Crippen molar-refractivity contribution in [3.63, 3.8) is 0 Å². The first-order valence-electron chi connectivity index (χ1n) is 10.1. The minimum absolute atomic E-state index is 0.0416. The van der Waals surface area contributed by atoms with E-state index >= 15 is 0 Å². The molecule has 1 N–H and O–H groups in total. The van der Waals surface area contributed by atoms with Gasteiger partial charge in [0.1, 0.15) is 5.82 Å². The second kappa shape index (κ2) is 8.56. The van der Waals surface area contributed by atoms with E-state index in [0.717, 1.165) is 24.3 Å². The fourth-order valence-corrected chi connectivity index (χ4v) is 3.92. The van der Waals surface area contributed by atoms with E-state index in [0.29, 0.717) is 31.6 Å². The van der Waals surface area contributed by atoms with Gasteiger partial charge in [-0.25, -0.2) is 4.68 Å². The molecule has 1 fully saturated rings. The van der Waals surface area contributed by atoms with Gasteiger partial charge in [-0.1, -0.05) is 12.1 Å². The van der Waals surface area contributed by atoms with E-state index in [1.165, 1.54) is 25.9 Å². The fourth-order valence-electron chi connectivity index (χ4n) is 3.92. The summed E-state index contributed by atoms with van der Waals surface area (Å²) in [7, 11) is 0. The van der Waals surface area contributed by atoms with Crippen LogP contribution in [0.1, 0.15) is 41.6 Å². The molecule has 2 aliphatic heterocycles. The lowest BCUT2D eigenvalue weighted by Crippen LogP contribution is -2.36. The molecule has 2 amide bonds. The van der Waals surface area contributed by atoms with Gasteiger partial charge < -0.3 is 10.2 Å². The topological polar surface area (TPSA) is 70.5 Å². The molecule has 0 aliphatic carbocycles. The monoisotopic (exact) mass is 381 g/mol. The second-order valence-electron chi connectivity index (χ2n) is 7.50. The molecule has 0 radical (unpaired) electrons. The molecule has 7 nitrogen and oxygen atoms in total. The standard InChI is InChI=1S/C21H27N5O2/c27-20-9-15-26-19(8-11-23-26)25(20)16-17-4-6-18(7-5-17)21(28)22-10-3-14-24-12-1-2-13-24/h4-8,11H,1-3,9-10,12-16H2,(H,22,28). The van der Waals surface area contributed by atoms with Gasteiger partial charge >= 0.3 is 0 Å². The van der Waals surface area contributed by atoms with E-state index in [1.54, 1.807) is 11.1 Å². The van der Waals surface area contributed by atoms with Gasteiger partial charge in [-0.3, -0.25) is 14.5 Å². The predicted octanol–water partition coefficient (Wildman–Crippen LogP) is 2.04. The number of aromatic nitrogens is 2. The summed E-state index contributed by atoms with van der Waals surface area (Å²) >= 11 is 0. The maximum atomic E-state index is 12.3. The van der Waals surface area contributed by atoms with E-state index in [1.807, 2.05) is 35.0 Å². The molecule has 3 heterocycles. The number of hydrogen-bond acceptors (Lipinski definition) is 4. The van der Waals surface area contributed by atoms with Crippen LogP contribution >= 0.6 is 0 Å². The Morgan fingerprint density at radius 1 is 1.07 bits per heavy atom. The van der Waals surface area contributed by atoms with Crippen LogP contribution < -0.4 is 10.2 Å². The first-order chi connectivity index (χ1) is 13.7. The molecule has 0 atom stereocenters. The number of anilines is 1. The van der Waals surface area contributed by atoms with Crippen LogP contribution in [0, 0.1) is 0 Å². The summed E-state index contributed by atoms with van der Waals surface area (Å²) in [5.74, 6) is 0.893. The van der Waals surface area contributed by atoms with Crippen molar-refractivity contribution in [2.45, 2.75) is 38.8 Å². The molecule has 2 aliphatic rings. The number of likely N-dealkylation sites (tertiary alicyclic amines) is 1. The Bertz CT molecular complexity index is 824. The average molecular weight is 381 g/mol. The molecule has 1 aromatic heterocycles. The van der Waals surface area contributed by atoms with Crippen molar-refractivity contribution in [2.75, 3.05) is 31.1 Å². The maximum absolute atomic E-state index is 12.3. The highest BCUT2D eigenvalue weighted by molar-refractivity contribution is 5.95. The van der Waals surface area contributed by atoms with Gasteiger partial charge in [-0.15, -0.1) is 0 Å². The van der Waals surface area contributed by atoms with Crippen molar-refractivity contribution in [3.8, 4) is 0 Å². The number of aryl methyl sites for hydroxylation is 1. The number of benzene rings is 1. The molecule has 0 bridgehead atoms. The highest BCUT2D eigenvalue weighted by Gasteiger charge is 2.24.